The Labute approximate surface area is 187 Å². The van der Waals surface area contributed by atoms with Crippen molar-refractivity contribution in [2.75, 3.05) is 48.8 Å². The standard InChI is InChI=1S/C24H27FN6O/c1-16-5-4-6-17(2)22(16)29-23(32)18-14-26-24(27-15-18)28-19-7-8-21(20(25)13-19)31-11-9-30(3)10-12-31/h4-8,13-15H,9-12H2,1-3H3,(H,29,32)(H,26,27,28). The number of amides is 1. The third kappa shape index (κ3) is 4.86. The maximum atomic E-state index is 14.7. The van der Waals surface area contributed by atoms with Gasteiger partial charge in [0.2, 0.25) is 5.95 Å². The van der Waals surface area contributed by atoms with Crippen LogP contribution in [-0.2, 0) is 0 Å². The molecule has 32 heavy (non-hydrogen) atoms. The first-order chi connectivity index (χ1) is 15.4. The molecule has 4 rings (SSSR count). The van der Waals surface area contributed by atoms with Crippen molar-refractivity contribution >= 4 is 28.9 Å². The lowest BCUT2D eigenvalue weighted by Crippen LogP contribution is -2.44. The number of carbonyl (C=O) groups excluding carboxylic acids is 1. The van der Waals surface area contributed by atoms with Gasteiger partial charge in [0.25, 0.3) is 5.91 Å². The van der Waals surface area contributed by atoms with Crippen LogP contribution in [0.4, 0.5) is 27.4 Å². The van der Waals surface area contributed by atoms with Gasteiger partial charge in [0.1, 0.15) is 5.82 Å². The molecule has 1 aliphatic heterocycles. The molecule has 2 N–H and O–H groups in total. The van der Waals surface area contributed by atoms with E-state index in [0.29, 0.717) is 22.9 Å². The fraction of sp³-hybridized carbons (Fsp3) is 0.292. The molecule has 2 heterocycles. The van der Waals surface area contributed by atoms with Gasteiger partial charge in [-0.2, -0.15) is 0 Å². The van der Waals surface area contributed by atoms with Crippen LogP contribution >= 0.6 is 0 Å². The highest BCUT2D eigenvalue weighted by Crippen LogP contribution is 2.25. The van der Waals surface area contributed by atoms with E-state index in [0.717, 1.165) is 43.0 Å². The molecule has 2 aromatic carbocycles. The minimum atomic E-state index is -0.288. The number of likely N-dealkylation sites (N-methyl/N-ethyl adjacent to an activating group) is 1. The van der Waals surface area contributed by atoms with E-state index < -0.39 is 0 Å². The normalized spacial score (nSPS) is 14.3. The Kier molecular flexibility index (Phi) is 6.32. The lowest BCUT2D eigenvalue weighted by atomic mass is 10.1. The molecule has 0 unspecified atom stereocenters. The summed E-state index contributed by atoms with van der Waals surface area (Å²) in [7, 11) is 2.07. The van der Waals surface area contributed by atoms with E-state index in [-0.39, 0.29) is 11.7 Å². The fourth-order valence-electron chi connectivity index (χ4n) is 3.72. The van der Waals surface area contributed by atoms with Crippen molar-refractivity contribution in [2.24, 2.45) is 0 Å². The molecule has 0 saturated carbocycles. The number of hydrogen-bond acceptors (Lipinski definition) is 6. The zero-order valence-electron chi connectivity index (χ0n) is 18.5. The molecule has 0 spiro atoms. The molecule has 0 bridgehead atoms. The predicted molar refractivity (Wildman–Crippen MR) is 125 cm³/mol. The molecule has 1 amide bonds. The van der Waals surface area contributed by atoms with Crippen molar-refractivity contribution in [3.05, 3.63) is 71.3 Å². The Morgan fingerprint density at radius 3 is 2.28 bits per heavy atom. The zero-order valence-corrected chi connectivity index (χ0v) is 18.5. The highest BCUT2D eigenvalue weighted by molar-refractivity contribution is 6.04. The Morgan fingerprint density at radius 2 is 1.66 bits per heavy atom. The summed E-state index contributed by atoms with van der Waals surface area (Å²) in [6, 6.07) is 10.9. The molecule has 1 saturated heterocycles. The topological polar surface area (TPSA) is 73.4 Å². The molecule has 1 aliphatic rings. The number of carbonyl (C=O) groups is 1. The van der Waals surface area contributed by atoms with E-state index in [9.17, 15) is 9.18 Å². The van der Waals surface area contributed by atoms with Crippen LogP contribution < -0.4 is 15.5 Å². The van der Waals surface area contributed by atoms with Crippen LogP contribution in [0.25, 0.3) is 0 Å². The van der Waals surface area contributed by atoms with Crippen molar-refractivity contribution in [2.45, 2.75) is 13.8 Å². The van der Waals surface area contributed by atoms with Gasteiger partial charge in [-0.05, 0) is 50.2 Å². The van der Waals surface area contributed by atoms with Crippen LogP contribution in [0.15, 0.2) is 48.8 Å². The third-order valence-corrected chi connectivity index (χ3v) is 5.68. The summed E-state index contributed by atoms with van der Waals surface area (Å²) in [5.74, 6) is -0.277. The molecule has 0 aliphatic carbocycles. The van der Waals surface area contributed by atoms with E-state index >= 15 is 0 Å². The van der Waals surface area contributed by atoms with Gasteiger partial charge in [-0.25, -0.2) is 14.4 Å². The van der Waals surface area contributed by atoms with E-state index in [4.69, 9.17) is 0 Å². The zero-order chi connectivity index (χ0) is 22.7. The Balaban J connectivity index is 1.41. The van der Waals surface area contributed by atoms with Gasteiger partial charge in [-0.15, -0.1) is 0 Å². The first-order valence-corrected chi connectivity index (χ1v) is 10.6. The quantitative estimate of drug-likeness (QED) is 0.633. The van der Waals surface area contributed by atoms with Crippen molar-refractivity contribution in [1.82, 2.24) is 14.9 Å². The number of halogens is 1. The number of anilines is 4. The summed E-state index contributed by atoms with van der Waals surface area (Å²) < 4.78 is 14.7. The average molecular weight is 435 g/mol. The predicted octanol–water partition coefficient (Wildman–Crippen LogP) is 3.98. The first kappa shape index (κ1) is 21.7. The van der Waals surface area contributed by atoms with Gasteiger partial charge in [0, 0.05) is 49.9 Å². The van der Waals surface area contributed by atoms with Crippen LogP contribution in [0.5, 0.6) is 0 Å². The second-order valence-corrected chi connectivity index (χ2v) is 8.10. The van der Waals surface area contributed by atoms with Crippen LogP contribution in [0.3, 0.4) is 0 Å². The lowest BCUT2D eigenvalue weighted by Gasteiger charge is -2.34. The van der Waals surface area contributed by atoms with E-state index in [2.05, 4.69) is 37.4 Å². The summed E-state index contributed by atoms with van der Waals surface area (Å²) in [5.41, 5.74) is 4.25. The molecule has 0 radical (unpaired) electrons. The number of hydrogen-bond donors (Lipinski definition) is 2. The van der Waals surface area contributed by atoms with E-state index in [1.807, 2.05) is 38.1 Å². The maximum Gasteiger partial charge on any atom is 0.258 e. The van der Waals surface area contributed by atoms with Crippen LogP contribution in [0.1, 0.15) is 21.5 Å². The van der Waals surface area contributed by atoms with Gasteiger partial charge >= 0.3 is 0 Å². The van der Waals surface area contributed by atoms with Gasteiger partial charge in [-0.1, -0.05) is 18.2 Å². The molecule has 1 aromatic heterocycles. The second kappa shape index (κ2) is 9.32. The van der Waals surface area contributed by atoms with Crippen molar-refractivity contribution in [3.8, 4) is 0 Å². The van der Waals surface area contributed by atoms with Crippen LogP contribution in [0.2, 0.25) is 0 Å². The number of para-hydroxylation sites is 1. The van der Waals surface area contributed by atoms with Gasteiger partial charge in [0.15, 0.2) is 0 Å². The number of piperazine rings is 1. The van der Waals surface area contributed by atoms with Gasteiger partial charge in [0.05, 0.1) is 11.3 Å². The highest BCUT2D eigenvalue weighted by atomic mass is 19.1. The summed E-state index contributed by atoms with van der Waals surface area (Å²) in [4.78, 5) is 25.3. The number of benzene rings is 2. The number of nitrogens with zero attached hydrogens (tertiary/aromatic N) is 4. The van der Waals surface area contributed by atoms with Crippen LogP contribution in [-0.4, -0.2) is 54.0 Å². The summed E-state index contributed by atoms with van der Waals surface area (Å²) >= 11 is 0. The number of aromatic nitrogens is 2. The largest absolute Gasteiger partial charge is 0.367 e. The average Bonchev–Trinajstić information content (AvgIpc) is 2.78. The van der Waals surface area contributed by atoms with Gasteiger partial charge < -0.3 is 20.4 Å². The smallest absolute Gasteiger partial charge is 0.258 e. The summed E-state index contributed by atoms with van der Waals surface area (Å²) in [5, 5.41) is 5.91. The number of aryl methyl sites for hydroxylation is 2. The van der Waals surface area contributed by atoms with E-state index in [1.165, 1.54) is 18.5 Å². The highest BCUT2D eigenvalue weighted by Gasteiger charge is 2.18. The molecule has 1 fully saturated rings. The first-order valence-electron chi connectivity index (χ1n) is 10.6. The number of rotatable bonds is 5. The molecule has 7 nitrogen and oxygen atoms in total. The van der Waals surface area contributed by atoms with Crippen molar-refractivity contribution in [1.29, 1.82) is 0 Å². The minimum absolute atomic E-state index is 0.281. The van der Waals surface area contributed by atoms with Crippen LogP contribution in [0, 0.1) is 19.7 Å². The maximum absolute atomic E-state index is 14.7. The Morgan fingerprint density at radius 1 is 1.00 bits per heavy atom. The minimum Gasteiger partial charge on any atom is -0.367 e. The Hall–Kier alpha value is -3.52. The SMILES string of the molecule is Cc1cccc(C)c1NC(=O)c1cnc(Nc2ccc(N3CCN(C)CC3)c(F)c2)nc1. The van der Waals surface area contributed by atoms with Gasteiger partial charge in [-0.3, -0.25) is 4.79 Å². The summed E-state index contributed by atoms with van der Waals surface area (Å²) in [6.07, 6.45) is 2.90. The van der Waals surface area contributed by atoms with Crippen molar-refractivity contribution < 1.29 is 9.18 Å². The molecule has 3 aromatic rings. The van der Waals surface area contributed by atoms with E-state index in [1.54, 1.807) is 6.07 Å². The monoisotopic (exact) mass is 434 g/mol. The molecule has 8 heteroatoms. The molecule has 0 atom stereocenters. The molecule has 166 valence electrons. The third-order valence-electron chi connectivity index (χ3n) is 5.68. The fourth-order valence-corrected chi connectivity index (χ4v) is 3.72. The lowest BCUT2D eigenvalue weighted by molar-refractivity contribution is 0.102. The molecular formula is C24H27FN6O. The molecular weight excluding hydrogens is 407 g/mol. The second-order valence-electron chi connectivity index (χ2n) is 8.10. The number of nitrogens with one attached hydrogen (secondary N) is 2. The Bertz CT molecular complexity index is 1090. The van der Waals surface area contributed by atoms with Crippen molar-refractivity contribution in [3.63, 3.8) is 0 Å². The summed E-state index contributed by atoms with van der Waals surface area (Å²) in [6.45, 7) is 7.32.